The first-order chi connectivity index (χ1) is 11.2. The quantitative estimate of drug-likeness (QED) is 0.632. The minimum absolute atomic E-state index is 0.523. The van der Waals surface area contributed by atoms with Gasteiger partial charge in [0.15, 0.2) is 0 Å². The fourth-order valence-corrected chi connectivity index (χ4v) is 3.13. The first-order valence-corrected chi connectivity index (χ1v) is 8.02. The molecule has 3 aromatic rings. The number of anilines is 1. The Hall–Kier alpha value is -2.63. The van der Waals surface area contributed by atoms with E-state index in [9.17, 15) is 9.90 Å². The maximum atomic E-state index is 12.7. The van der Waals surface area contributed by atoms with Gasteiger partial charge in [-0.2, -0.15) is 0 Å². The molecular weight excluding hydrogens is 308 g/mol. The monoisotopic (exact) mass is 324 g/mol. The van der Waals surface area contributed by atoms with Gasteiger partial charge in [0.25, 0.3) is 5.91 Å². The number of nitrogens with one attached hydrogen (secondary N) is 2. The number of carbonyl (C=O) groups is 1. The molecule has 4 nitrogen and oxygen atoms in total. The normalized spacial score (nSPS) is 13.1. The first-order valence-electron chi connectivity index (χ1n) is 7.14. The number of thiophene rings is 1. The summed E-state index contributed by atoms with van der Waals surface area (Å²) in [6, 6.07) is 21.7. The zero-order valence-electron chi connectivity index (χ0n) is 12.3. The number of hydrogen-bond donors (Lipinski definition) is 3. The summed E-state index contributed by atoms with van der Waals surface area (Å²) in [5, 5.41) is 13.0. The molecule has 0 saturated heterocycles. The summed E-state index contributed by atoms with van der Waals surface area (Å²) >= 11 is 1.34. The third-order valence-corrected chi connectivity index (χ3v) is 4.47. The maximum Gasteiger partial charge on any atom is 0.280 e. The van der Waals surface area contributed by atoms with Crippen LogP contribution >= 0.6 is 11.3 Å². The Morgan fingerprint density at radius 2 is 1.57 bits per heavy atom. The van der Waals surface area contributed by atoms with Gasteiger partial charge in [-0.05, 0) is 29.1 Å². The minimum Gasteiger partial charge on any atom is -0.371 e. The highest BCUT2D eigenvalue weighted by Crippen LogP contribution is 2.33. The molecule has 5 heteroatoms. The molecule has 0 saturated carbocycles. The molecule has 0 aliphatic heterocycles. The van der Waals surface area contributed by atoms with E-state index in [1.54, 1.807) is 30.3 Å². The smallest absolute Gasteiger partial charge is 0.280 e. The minimum atomic E-state index is -1.74. The number of hydrazine groups is 1. The van der Waals surface area contributed by atoms with Crippen LogP contribution in [0.25, 0.3) is 0 Å². The van der Waals surface area contributed by atoms with Gasteiger partial charge in [0.2, 0.25) is 5.60 Å². The lowest BCUT2D eigenvalue weighted by molar-refractivity contribution is -0.135. The van der Waals surface area contributed by atoms with E-state index >= 15 is 0 Å². The number of benzene rings is 2. The van der Waals surface area contributed by atoms with Crippen LogP contribution in [-0.4, -0.2) is 11.0 Å². The Kier molecular flexibility index (Phi) is 4.41. The van der Waals surface area contributed by atoms with E-state index < -0.39 is 11.5 Å². The number of aliphatic hydroxyl groups is 1. The van der Waals surface area contributed by atoms with Crippen LogP contribution in [0.4, 0.5) is 5.69 Å². The molecule has 0 aliphatic carbocycles. The summed E-state index contributed by atoms with van der Waals surface area (Å²) in [6.45, 7) is 0. The second kappa shape index (κ2) is 6.64. The second-order valence-corrected chi connectivity index (χ2v) is 5.95. The standard InChI is InChI=1S/C18H16N2O2S/c21-17(20-19-15-10-5-2-6-11-15)18(22,16-12-7-13-23-16)14-8-3-1-4-9-14/h1-13,19,22H,(H,20,21)/t18-/m0/s1. The lowest BCUT2D eigenvalue weighted by atomic mass is 9.91. The highest BCUT2D eigenvalue weighted by molar-refractivity contribution is 7.10. The first kappa shape index (κ1) is 15.3. The Balaban J connectivity index is 1.88. The van der Waals surface area contributed by atoms with Gasteiger partial charge >= 0.3 is 0 Å². The van der Waals surface area contributed by atoms with Gasteiger partial charge in [-0.1, -0.05) is 54.6 Å². The SMILES string of the molecule is O=C(NNc1ccccc1)[C@](O)(c1ccccc1)c1cccs1. The number of para-hydroxylation sites is 1. The van der Waals surface area contributed by atoms with Crippen LogP contribution in [0, 0.1) is 0 Å². The third kappa shape index (κ3) is 3.11. The van der Waals surface area contributed by atoms with E-state index in [2.05, 4.69) is 10.9 Å². The largest absolute Gasteiger partial charge is 0.371 e. The van der Waals surface area contributed by atoms with Gasteiger partial charge in [0, 0.05) is 0 Å². The van der Waals surface area contributed by atoms with E-state index in [-0.39, 0.29) is 0 Å². The van der Waals surface area contributed by atoms with Crippen molar-refractivity contribution < 1.29 is 9.90 Å². The van der Waals surface area contributed by atoms with Crippen LogP contribution in [0.15, 0.2) is 78.2 Å². The molecule has 0 fully saturated rings. The summed E-state index contributed by atoms with van der Waals surface area (Å²) in [7, 11) is 0. The molecule has 3 N–H and O–H groups in total. The Morgan fingerprint density at radius 3 is 2.17 bits per heavy atom. The summed E-state index contributed by atoms with van der Waals surface area (Å²) in [6.07, 6.45) is 0. The van der Waals surface area contributed by atoms with Crippen LogP contribution in [0.5, 0.6) is 0 Å². The average Bonchev–Trinajstić information content (AvgIpc) is 3.15. The zero-order chi connectivity index (χ0) is 16.1. The predicted octanol–water partition coefficient (Wildman–Crippen LogP) is 3.13. The molecule has 1 atom stereocenters. The molecule has 1 aromatic heterocycles. The van der Waals surface area contributed by atoms with Crippen molar-refractivity contribution in [3.63, 3.8) is 0 Å². The topological polar surface area (TPSA) is 61.4 Å². The molecule has 0 spiro atoms. The van der Waals surface area contributed by atoms with Crippen molar-refractivity contribution in [1.82, 2.24) is 5.43 Å². The summed E-state index contributed by atoms with van der Waals surface area (Å²) in [5.41, 5.74) is 4.94. The van der Waals surface area contributed by atoms with Crippen LogP contribution in [0.3, 0.4) is 0 Å². The average molecular weight is 324 g/mol. The van der Waals surface area contributed by atoms with E-state index in [4.69, 9.17) is 0 Å². The number of carbonyl (C=O) groups excluding carboxylic acids is 1. The van der Waals surface area contributed by atoms with Gasteiger partial charge in [0.1, 0.15) is 0 Å². The van der Waals surface area contributed by atoms with E-state index in [1.807, 2.05) is 47.8 Å². The van der Waals surface area contributed by atoms with Crippen LogP contribution in [0.1, 0.15) is 10.4 Å². The summed E-state index contributed by atoms with van der Waals surface area (Å²) < 4.78 is 0. The second-order valence-electron chi connectivity index (χ2n) is 5.00. The van der Waals surface area contributed by atoms with Crippen molar-refractivity contribution in [2.24, 2.45) is 0 Å². The van der Waals surface area contributed by atoms with Gasteiger partial charge in [-0.15, -0.1) is 11.3 Å². The van der Waals surface area contributed by atoms with Crippen molar-refractivity contribution in [2.45, 2.75) is 5.60 Å². The van der Waals surface area contributed by atoms with Crippen LogP contribution < -0.4 is 10.9 Å². The number of rotatable bonds is 5. The van der Waals surface area contributed by atoms with Crippen molar-refractivity contribution in [1.29, 1.82) is 0 Å². The fourth-order valence-electron chi connectivity index (χ4n) is 2.29. The van der Waals surface area contributed by atoms with Crippen molar-refractivity contribution in [3.05, 3.63) is 88.6 Å². The van der Waals surface area contributed by atoms with E-state index in [0.29, 0.717) is 10.4 Å². The third-order valence-electron chi connectivity index (χ3n) is 3.49. The Morgan fingerprint density at radius 1 is 0.913 bits per heavy atom. The summed E-state index contributed by atoms with van der Waals surface area (Å²) in [5.74, 6) is -0.532. The molecule has 1 heterocycles. The molecule has 3 rings (SSSR count). The lowest BCUT2D eigenvalue weighted by Crippen LogP contribution is -2.47. The van der Waals surface area contributed by atoms with Gasteiger partial charge in [0.05, 0.1) is 10.6 Å². The Labute approximate surface area is 138 Å². The lowest BCUT2D eigenvalue weighted by Gasteiger charge is -2.26. The molecule has 1 amide bonds. The van der Waals surface area contributed by atoms with Crippen molar-refractivity contribution >= 4 is 22.9 Å². The van der Waals surface area contributed by atoms with Gasteiger partial charge in [-0.3, -0.25) is 15.6 Å². The molecule has 0 aliphatic rings. The predicted molar refractivity (Wildman–Crippen MR) is 92.0 cm³/mol. The molecule has 23 heavy (non-hydrogen) atoms. The Bertz CT molecular complexity index is 760. The van der Waals surface area contributed by atoms with Crippen molar-refractivity contribution in [2.75, 3.05) is 5.43 Å². The highest BCUT2D eigenvalue weighted by Gasteiger charge is 2.41. The number of amides is 1. The van der Waals surface area contributed by atoms with Gasteiger partial charge in [-0.25, -0.2) is 0 Å². The molecule has 2 aromatic carbocycles. The van der Waals surface area contributed by atoms with E-state index in [0.717, 1.165) is 5.69 Å². The van der Waals surface area contributed by atoms with Crippen molar-refractivity contribution in [3.8, 4) is 0 Å². The summed E-state index contributed by atoms with van der Waals surface area (Å²) in [4.78, 5) is 13.3. The van der Waals surface area contributed by atoms with Crippen LogP contribution in [0.2, 0.25) is 0 Å². The number of hydrogen-bond acceptors (Lipinski definition) is 4. The molecule has 0 unspecified atom stereocenters. The zero-order valence-corrected chi connectivity index (χ0v) is 13.1. The highest BCUT2D eigenvalue weighted by atomic mass is 32.1. The van der Waals surface area contributed by atoms with Crippen LogP contribution in [-0.2, 0) is 10.4 Å². The molecular formula is C18H16N2O2S. The van der Waals surface area contributed by atoms with E-state index in [1.165, 1.54) is 11.3 Å². The fraction of sp³-hybridized carbons (Fsp3) is 0.0556. The molecule has 116 valence electrons. The molecule has 0 bridgehead atoms. The molecule has 0 radical (unpaired) electrons. The van der Waals surface area contributed by atoms with Gasteiger partial charge < -0.3 is 5.11 Å². The maximum absolute atomic E-state index is 12.7.